The van der Waals surface area contributed by atoms with Gasteiger partial charge in [-0.25, -0.2) is 8.78 Å². The molecule has 0 amide bonds. The maximum atomic E-state index is 14.0. The maximum absolute atomic E-state index is 14.0. The van der Waals surface area contributed by atoms with Gasteiger partial charge in [-0.2, -0.15) is 0 Å². The number of halogens is 2. The van der Waals surface area contributed by atoms with Crippen LogP contribution in [0.5, 0.6) is 0 Å². The number of nitrogens with one attached hydrogen (secondary N) is 2. The van der Waals surface area contributed by atoms with Crippen molar-refractivity contribution < 1.29 is 13.9 Å². The maximum Gasteiger partial charge on any atom is 0.191 e. The van der Waals surface area contributed by atoms with Gasteiger partial charge in [0, 0.05) is 38.1 Å². The van der Waals surface area contributed by atoms with Gasteiger partial charge in [0.15, 0.2) is 5.96 Å². The van der Waals surface area contributed by atoms with Gasteiger partial charge in [0.05, 0.1) is 6.10 Å². The highest BCUT2D eigenvalue weighted by Crippen LogP contribution is 2.27. The normalized spacial score (nSPS) is 26.4. The molecule has 1 saturated carbocycles. The summed E-state index contributed by atoms with van der Waals surface area (Å²) in [4.78, 5) is 6.35. The van der Waals surface area contributed by atoms with Crippen molar-refractivity contribution in [1.82, 2.24) is 10.6 Å². The van der Waals surface area contributed by atoms with Crippen molar-refractivity contribution in [2.45, 2.75) is 44.8 Å². The number of aliphatic hydroxyl groups excluding tert-OH is 1. The molecule has 5 nitrogen and oxygen atoms in total. The molecule has 1 aromatic rings. The first kappa shape index (κ1) is 18.9. The first-order chi connectivity index (χ1) is 12.6. The quantitative estimate of drug-likeness (QED) is 0.553. The van der Waals surface area contributed by atoms with Gasteiger partial charge >= 0.3 is 0 Å². The van der Waals surface area contributed by atoms with E-state index in [4.69, 9.17) is 0 Å². The third kappa shape index (κ3) is 4.44. The van der Waals surface area contributed by atoms with Gasteiger partial charge in [-0.15, -0.1) is 0 Å². The fraction of sp³-hybridized carbons (Fsp3) is 0.632. The van der Waals surface area contributed by atoms with Gasteiger partial charge in [-0.3, -0.25) is 4.99 Å². The topological polar surface area (TPSA) is 59.9 Å². The van der Waals surface area contributed by atoms with Crippen molar-refractivity contribution in [1.29, 1.82) is 0 Å². The Morgan fingerprint density at radius 3 is 2.69 bits per heavy atom. The molecule has 2 fully saturated rings. The van der Waals surface area contributed by atoms with Crippen molar-refractivity contribution in [2.75, 3.05) is 31.1 Å². The van der Waals surface area contributed by atoms with Gasteiger partial charge in [0.1, 0.15) is 17.3 Å². The number of anilines is 1. The highest BCUT2D eigenvalue weighted by molar-refractivity contribution is 5.80. The van der Waals surface area contributed by atoms with E-state index in [-0.39, 0.29) is 23.8 Å². The largest absolute Gasteiger partial charge is 0.393 e. The predicted molar refractivity (Wildman–Crippen MR) is 99.4 cm³/mol. The molecule has 7 heteroatoms. The molecule has 1 saturated heterocycles. The van der Waals surface area contributed by atoms with E-state index in [1.807, 2.05) is 6.92 Å². The summed E-state index contributed by atoms with van der Waals surface area (Å²) in [6.45, 7) is 4.44. The summed E-state index contributed by atoms with van der Waals surface area (Å²) in [5.41, 5.74) is 0.0489. The van der Waals surface area contributed by atoms with Crippen LogP contribution in [0.4, 0.5) is 14.5 Å². The smallest absolute Gasteiger partial charge is 0.191 e. The number of benzene rings is 1. The van der Waals surface area contributed by atoms with Crippen LogP contribution in [0.25, 0.3) is 0 Å². The lowest BCUT2D eigenvalue weighted by atomic mass is 10.1. The fourth-order valence-corrected chi connectivity index (χ4v) is 3.82. The minimum absolute atomic E-state index is 0.0489. The number of hydrogen-bond donors (Lipinski definition) is 3. The Morgan fingerprint density at radius 2 is 2.04 bits per heavy atom. The van der Waals surface area contributed by atoms with E-state index in [9.17, 15) is 13.9 Å². The highest BCUT2D eigenvalue weighted by atomic mass is 19.1. The van der Waals surface area contributed by atoms with E-state index in [0.717, 1.165) is 32.2 Å². The van der Waals surface area contributed by atoms with E-state index in [0.29, 0.717) is 25.6 Å². The zero-order valence-electron chi connectivity index (χ0n) is 15.2. The fourth-order valence-electron chi connectivity index (χ4n) is 3.82. The molecule has 0 bridgehead atoms. The zero-order valence-corrected chi connectivity index (χ0v) is 15.2. The van der Waals surface area contributed by atoms with Crippen LogP contribution in [-0.2, 0) is 0 Å². The Bertz CT molecular complexity index is 620. The first-order valence-electron chi connectivity index (χ1n) is 9.50. The van der Waals surface area contributed by atoms with E-state index < -0.39 is 11.6 Å². The second-order valence-electron chi connectivity index (χ2n) is 7.12. The van der Waals surface area contributed by atoms with E-state index in [1.54, 1.807) is 4.90 Å². The monoisotopic (exact) mass is 366 g/mol. The minimum Gasteiger partial charge on any atom is -0.393 e. The predicted octanol–water partition coefficient (Wildman–Crippen LogP) is 2.26. The number of hydrogen-bond acceptors (Lipinski definition) is 3. The summed E-state index contributed by atoms with van der Waals surface area (Å²) in [6, 6.07) is 4.03. The van der Waals surface area contributed by atoms with E-state index in [1.165, 1.54) is 18.2 Å². The summed E-state index contributed by atoms with van der Waals surface area (Å²) < 4.78 is 28.0. The molecule has 1 heterocycles. The second-order valence-corrected chi connectivity index (χ2v) is 7.12. The third-order valence-electron chi connectivity index (χ3n) is 5.23. The second kappa shape index (κ2) is 8.66. The highest BCUT2D eigenvalue weighted by Gasteiger charge is 2.28. The summed E-state index contributed by atoms with van der Waals surface area (Å²) >= 11 is 0. The Balaban J connectivity index is 1.60. The molecule has 0 spiro atoms. The molecule has 2 aliphatic rings. The standard InChI is InChI=1S/C19H28F2N4O/c1-2-22-19(23-11-13-5-3-8-17(13)26)24-14-9-10-25(12-14)18-15(20)6-4-7-16(18)21/h4,6-7,13-14,17,26H,2-3,5,8-12H2,1H3,(H2,22,23,24). The summed E-state index contributed by atoms with van der Waals surface area (Å²) in [5, 5.41) is 16.5. The number of aliphatic imine (C=N–C) groups is 1. The minimum atomic E-state index is -0.526. The summed E-state index contributed by atoms with van der Waals surface area (Å²) in [7, 11) is 0. The van der Waals surface area contributed by atoms with Gasteiger partial charge in [0.25, 0.3) is 0 Å². The van der Waals surface area contributed by atoms with Crippen molar-refractivity contribution >= 4 is 11.6 Å². The number of aliphatic hydroxyl groups is 1. The molecule has 3 N–H and O–H groups in total. The molecule has 1 aromatic carbocycles. The summed E-state index contributed by atoms with van der Waals surface area (Å²) in [6.07, 6.45) is 3.44. The lowest BCUT2D eigenvalue weighted by molar-refractivity contribution is 0.136. The Kier molecular flexibility index (Phi) is 6.29. The van der Waals surface area contributed by atoms with Crippen molar-refractivity contribution in [3.8, 4) is 0 Å². The number of nitrogens with zero attached hydrogens (tertiary/aromatic N) is 2. The molecule has 0 aromatic heterocycles. The Hall–Kier alpha value is -1.89. The van der Waals surface area contributed by atoms with Crippen LogP contribution in [0.2, 0.25) is 0 Å². The van der Waals surface area contributed by atoms with Crippen LogP contribution in [0.1, 0.15) is 32.6 Å². The lowest BCUT2D eigenvalue weighted by Crippen LogP contribution is -2.45. The Morgan fingerprint density at radius 1 is 1.27 bits per heavy atom. The van der Waals surface area contributed by atoms with Crippen LogP contribution < -0.4 is 15.5 Å². The molecule has 3 atom stereocenters. The number of rotatable bonds is 5. The average Bonchev–Trinajstić information content (AvgIpc) is 3.22. The van der Waals surface area contributed by atoms with Gasteiger partial charge in [-0.05, 0) is 38.3 Å². The lowest BCUT2D eigenvalue weighted by Gasteiger charge is -2.21. The summed E-state index contributed by atoms with van der Waals surface area (Å²) in [5.74, 6) is -0.131. The van der Waals surface area contributed by atoms with E-state index >= 15 is 0 Å². The van der Waals surface area contributed by atoms with Crippen LogP contribution in [0.15, 0.2) is 23.2 Å². The zero-order chi connectivity index (χ0) is 18.5. The van der Waals surface area contributed by atoms with Crippen LogP contribution in [-0.4, -0.2) is 49.4 Å². The van der Waals surface area contributed by atoms with Gasteiger partial charge in [0.2, 0.25) is 0 Å². The molecule has 1 aliphatic carbocycles. The van der Waals surface area contributed by atoms with Crippen LogP contribution >= 0.6 is 0 Å². The molecular weight excluding hydrogens is 338 g/mol. The number of guanidine groups is 1. The molecule has 144 valence electrons. The molecule has 1 aliphatic heterocycles. The first-order valence-corrected chi connectivity index (χ1v) is 9.50. The molecular formula is C19H28F2N4O. The molecule has 26 heavy (non-hydrogen) atoms. The van der Waals surface area contributed by atoms with Gasteiger partial charge in [-0.1, -0.05) is 12.5 Å². The van der Waals surface area contributed by atoms with Crippen molar-refractivity contribution in [3.63, 3.8) is 0 Å². The van der Waals surface area contributed by atoms with Crippen LogP contribution in [0.3, 0.4) is 0 Å². The molecule has 3 unspecified atom stereocenters. The van der Waals surface area contributed by atoms with Crippen LogP contribution in [0, 0.1) is 17.6 Å². The third-order valence-corrected chi connectivity index (χ3v) is 5.23. The van der Waals surface area contributed by atoms with Crippen molar-refractivity contribution in [3.05, 3.63) is 29.8 Å². The molecule has 0 radical (unpaired) electrons. The van der Waals surface area contributed by atoms with E-state index in [2.05, 4.69) is 15.6 Å². The molecule has 3 rings (SSSR count). The van der Waals surface area contributed by atoms with Gasteiger partial charge < -0.3 is 20.6 Å². The SMILES string of the molecule is CCNC(=NCC1CCCC1O)NC1CCN(c2c(F)cccc2F)C1. The van der Waals surface area contributed by atoms with Crippen molar-refractivity contribution in [2.24, 2.45) is 10.9 Å². The Labute approximate surface area is 153 Å². The average molecular weight is 366 g/mol. The number of para-hydroxylation sites is 1.